The maximum absolute atomic E-state index is 10.7. The van der Waals surface area contributed by atoms with Gasteiger partial charge in [0.05, 0.1) is 23.5 Å². The van der Waals surface area contributed by atoms with Crippen LogP contribution in [0.4, 0.5) is 5.69 Å². The third-order valence-corrected chi connectivity index (χ3v) is 3.88. The molecule has 1 atom stereocenters. The Hall–Kier alpha value is -2.87. The van der Waals surface area contributed by atoms with Crippen LogP contribution < -0.4 is 4.74 Å². The van der Waals surface area contributed by atoms with Crippen LogP contribution in [0, 0.1) is 35.3 Å². The summed E-state index contributed by atoms with van der Waals surface area (Å²) in [6, 6.07) is 14.2. The van der Waals surface area contributed by atoms with Crippen molar-refractivity contribution in [1.29, 1.82) is 5.26 Å². The van der Waals surface area contributed by atoms with Crippen molar-refractivity contribution in [1.82, 2.24) is 0 Å². The summed E-state index contributed by atoms with van der Waals surface area (Å²) in [7, 11) is 0. The molecule has 2 rings (SSSR count). The summed E-state index contributed by atoms with van der Waals surface area (Å²) < 4.78 is 5.77. The lowest BCUT2D eigenvalue weighted by Gasteiger charge is -2.13. The second-order valence-corrected chi connectivity index (χ2v) is 5.37. The van der Waals surface area contributed by atoms with Gasteiger partial charge in [0.25, 0.3) is 5.69 Å². The third-order valence-electron chi connectivity index (χ3n) is 3.88. The molecule has 118 valence electrons. The van der Waals surface area contributed by atoms with E-state index in [1.807, 2.05) is 32.0 Å². The molecule has 5 nitrogen and oxygen atoms in total. The lowest BCUT2D eigenvalue weighted by Crippen LogP contribution is -2.05. The third kappa shape index (κ3) is 4.07. The van der Waals surface area contributed by atoms with Crippen molar-refractivity contribution >= 4 is 5.69 Å². The lowest BCUT2D eigenvalue weighted by atomic mass is 9.97. The van der Waals surface area contributed by atoms with E-state index in [9.17, 15) is 15.4 Å². The Kier molecular flexibility index (Phi) is 5.32. The summed E-state index contributed by atoms with van der Waals surface area (Å²) >= 11 is 0. The van der Waals surface area contributed by atoms with Gasteiger partial charge in [-0.3, -0.25) is 10.1 Å². The van der Waals surface area contributed by atoms with Gasteiger partial charge < -0.3 is 4.74 Å². The van der Waals surface area contributed by atoms with E-state index in [0.29, 0.717) is 13.0 Å². The number of nitro benzene ring substituents is 1. The van der Waals surface area contributed by atoms with Crippen LogP contribution >= 0.6 is 0 Å². The molecule has 0 saturated carbocycles. The molecule has 1 unspecified atom stereocenters. The number of nitro groups is 1. The van der Waals surface area contributed by atoms with Crippen molar-refractivity contribution in [3.63, 3.8) is 0 Å². The average Bonchev–Trinajstić information content (AvgIpc) is 2.55. The Morgan fingerprint density at radius 1 is 1.22 bits per heavy atom. The number of nitriles is 1. The van der Waals surface area contributed by atoms with Crippen LogP contribution in [-0.4, -0.2) is 11.5 Å². The normalized spacial score (nSPS) is 11.5. The minimum atomic E-state index is -0.450. The zero-order valence-corrected chi connectivity index (χ0v) is 13.2. The Labute approximate surface area is 135 Å². The minimum Gasteiger partial charge on any atom is -0.493 e. The van der Waals surface area contributed by atoms with Crippen LogP contribution in [0.1, 0.15) is 29.0 Å². The number of benzene rings is 2. The Balaban J connectivity index is 1.99. The predicted molar refractivity (Wildman–Crippen MR) is 87.5 cm³/mol. The maximum Gasteiger partial charge on any atom is 0.269 e. The molecule has 23 heavy (non-hydrogen) atoms. The average molecular weight is 310 g/mol. The molecule has 0 aromatic heterocycles. The maximum atomic E-state index is 10.7. The van der Waals surface area contributed by atoms with Gasteiger partial charge in [-0.15, -0.1) is 0 Å². The summed E-state index contributed by atoms with van der Waals surface area (Å²) in [4.78, 5) is 10.2. The highest BCUT2D eigenvalue weighted by Crippen LogP contribution is 2.24. The number of aryl methyl sites for hydroxylation is 1. The zero-order valence-electron chi connectivity index (χ0n) is 13.2. The van der Waals surface area contributed by atoms with E-state index in [0.717, 1.165) is 22.4 Å². The van der Waals surface area contributed by atoms with E-state index in [-0.39, 0.29) is 11.6 Å². The van der Waals surface area contributed by atoms with Crippen molar-refractivity contribution in [3.8, 4) is 11.8 Å². The lowest BCUT2D eigenvalue weighted by molar-refractivity contribution is -0.384. The summed E-state index contributed by atoms with van der Waals surface area (Å²) in [5.74, 6) is 0.478. The first kappa shape index (κ1) is 16.5. The molecule has 0 bridgehead atoms. The van der Waals surface area contributed by atoms with E-state index in [2.05, 4.69) is 6.07 Å². The second kappa shape index (κ2) is 7.41. The molecule has 0 aliphatic rings. The van der Waals surface area contributed by atoms with E-state index in [1.54, 1.807) is 12.1 Å². The van der Waals surface area contributed by atoms with Gasteiger partial charge in [-0.05, 0) is 36.6 Å². The highest BCUT2D eigenvalue weighted by atomic mass is 16.6. The number of hydrogen-bond acceptors (Lipinski definition) is 4. The van der Waals surface area contributed by atoms with Gasteiger partial charge in [-0.25, -0.2) is 0 Å². The number of ether oxygens (including phenoxy) is 1. The molecule has 0 aliphatic carbocycles. The molecule has 0 saturated heterocycles. The monoisotopic (exact) mass is 310 g/mol. The summed E-state index contributed by atoms with van der Waals surface area (Å²) in [6.45, 7) is 4.44. The summed E-state index contributed by atoms with van der Waals surface area (Å²) in [5, 5.41) is 20.0. The van der Waals surface area contributed by atoms with Crippen molar-refractivity contribution in [2.75, 3.05) is 6.61 Å². The van der Waals surface area contributed by atoms with E-state index >= 15 is 0 Å². The Bertz CT molecular complexity index is 733. The summed E-state index contributed by atoms with van der Waals surface area (Å²) in [6.07, 6.45) is 0.529. The van der Waals surface area contributed by atoms with Crippen LogP contribution in [0.25, 0.3) is 0 Å². The molecule has 0 fully saturated rings. The Morgan fingerprint density at radius 3 is 2.52 bits per heavy atom. The fourth-order valence-electron chi connectivity index (χ4n) is 2.30. The standard InChI is InChI=1S/C18H18N2O3/c1-13-4-3-5-18(14(13)2)23-11-10-16(12-19)15-6-8-17(9-7-15)20(21)22/h3-9,16H,10-11H2,1-2H3. The molecule has 2 aromatic carbocycles. The first-order valence-corrected chi connectivity index (χ1v) is 7.36. The van der Waals surface area contributed by atoms with Gasteiger partial charge in [-0.1, -0.05) is 24.3 Å². The van der Waals surface area contributed by atoms with Crippen LogP contribution in [0.5, 0.6) is 5.75 Å². The van der Waals surface area contributed by atoms with E-state index in [1.165, 1.54) is 12.1 Å². The van der Waals surface area contributed by atoms with Crippen LogP contribution in [0.2, 0.25) is 0 Å². The SMILES string of the molecule is Cc1cccc(OCCC(C#N)c2ccc([N+](=O)[O-])cc2)c1C. The molecular formula is C18H18N2O3. The van der Waals surface area contributed by atoms with Gasteiger partial charge in [0.15, 0.2) is 0 Å². The van der Waals surface area contributed by atoms with Crippen LogP contribution in [0.15, 0.2) is 42.5 Å². The topological polar surface area (TPSA) is 76.2 Å². The van der Waals surface area contributed by atoms with Crippen molar-refractivity contribution < 1.29 is 9.66 Å². The fraction of sp³-hybridized carbons (Fsp3) is 0.278. The van der Waals surface area contributed by atoms with Crippen molar-refractivity contribution in [2.24, 2.45) is 0 Å². The molecule has 0 N–H and O–H groups in total. The molecule has 0 radical (unpaired) electrons. The van der Waals surface area contributed by atoms with Gasteiger partial charge in [-0.2, -0.15) is 5.26 Å². The minimum absolute atomic E-state index is 0.0251. The van der Waals surface area contributed by atoms with Gasteiger partial charge in [0.1, 0.15) is 5.75 Å². The number of rotatable bonds is 6. The number of nitrogens with zero attached hydrogens (tertiary/aromatic N) is 2. The predicted octanol–water partition coefficient (Wildman–Crippen LogP) is 4.29. The first-order valence-electron chi connectivity index (χ1n) is 7.36. The van der Waals surface area contributed by atoms with Crippen LogP contribution in [0.3, 0.4) is 0 Å². The fourth-order valence-corrected chi connectivity index (χ4v) is 2.30. The second-order valence-electron chi connectivity index (χ2n) is 5.37. The zero-order chi connectivity index (χ0) is 16.8. The van der Waals surface area contributed by atoms with Crippen molar-refractivity contribution in [3.05, 3.63) is 69.3 Å². The molecule has 0 heterocycles. The van der Waals surface area contributed by atoms with Gasteiger partial charge in [0, 0.05) is 18.6 Å². The number of hydrogen-bond donors (Lipinski definition) is 0. The Morgan fingerprint density at radius 2 is 1.91 bits per heavy atom. The molecule has 0 spiro atoms. The summed E-state index contributed by atoms with van der Waals surface area (Å²) in [5.41, 5.74) is 3.05. The molecule has 0 aliphatic heterocycles. The molecule has 5 heteroatoms. The van der Waals surface area contributed by atoms with Gasteiger partial charge in [0.2, 0.25) is 0 Å². The largest absolute Gasteiger partial charge is 0.493 e. The highest BCUT2D eigenvalue weighted by Gasteiger charge is 2.13. The molecule has 0 amide bonds. The van der Waals surface area contributed by atoms with E-state index in [4.69, 9.17) is 4.74 Å². The smallest absolute Gasteiger partial charge is 0.269 e. The highest BCUT2D eigenvalue weighted by molar-refractivity contribution is 5.38. The van der Waals surface area contributed by atoms with Crippen LogP contribution in [-0.2, 0) is 0 Å². The van der Waals surface area contributed by atoms with Gasteiger partial charge >= 0.3 is 0 Å². The first-order chi connectivity index (χ1) is 11.0. The molecular weight excluding hydrogens is 292 g/mol. The molecule has 2 aromatic rings. The quantitative estimate of drug-likeness (QED) is 0.589. The van der Waals surface area contributed by atoms with E-state index < -0.39 is 4.92 Å². The van der Waals surface area contributed by atoms with Crippen molar-refractivity contribution in [2.45, 2.75) is 26.2 Å². The number of non-ortho nitro benzene ring substituents is 1.